The van der Waals surface area contributed by atoms with E-state index in [2.05, 4.69) is 18.8 Å². The first-order valence-corrected chi connectivity index (χ1v) is 13.3. The van der Waals surface area contributed by atoms with Gasteiger partial charge in [0.15, 0.2) is 6.29 Å². The normalized spacial score (nSPS) is 19.8. The first kappa shape index (κ1) is 27.8. The number of carbonyl (C=O) groups is 2. The van der Waals surface area contributed by atoms with E-state index in [4.69, 9.17) is 9.72 Å². The highest BCUT2D eigenvalue weighted by Gasteiger charge is 2.43. The highest BCUT2D eigenvalue weighted by atomic mass is 19.3. The average Bonchev–Trinajstić information content (AvgIpc) is 3.41. The molecule has 0 N–H and O–H groups in total. The Bertz CT molecular complexity index is 1540. The predicted molar refractivity (Wildman–Crippen MR) is 148 cm³/mol. The largest absolute Gasteiger partial charge is 0.434 e. The van der Waals surface area contributed by atoms with E-state index in [1.807, 2.05) is 67.4 Å². The molecule has 1 amide bonds. The number of carbonyl (C=O) groups excluding carboxylic acids is 2. The third-order valence-electron chi connectivity index (χ3n) is 7.69. The minimum absolute atomic E-state index is 0.0139. The van der Waals surface area contributed by atoms with Crippen LogP contribution in [0.15, 0.2) is 36.4 Å². The van der Waals surface area contributed by atoms with Gasteiger partial charge in [0, 0.05) is 35.2 Å². The van der Waals surface area contributed by atoms with Crippen LogP contribution in [0.2, 0.25) is 0 Å². The van der Waals surface area contributed by atoms with Crippen molar-refractivity contribution >= 4 is 23.2 Å². The van der Waals surface area contributed by atoms with Crippen LogP contribution >= 0.6 is 0 Å². The van der Waals surface area contributed by atoms with Crippen LogP contribution in [-0.4, -0.2) is 65.3 Å². The number of likely N-dealkylation sites (tertiary alicyclic amines) is 1. The van der Waals surface area contributed by atoms with Crippen molar-refractivity contribution in [2.24, 2.45) is 10.8 Å². The van der Waals surface area contributed by atoms with E-state index in [1.54, 1.807) is 12.1 Å². The summed E-state index contributed by atoms with van der Waals surface area (Å²) in [4.78, 5) is 33.4. The lowest BCUT2D eigenvalue weighted by atomic mass is 9.80. The second kappa shape index (κ2) is 10.0. The van der Waals surface area contributed by atoms with Gasteiger partial charge in [-0.3, -0.25) is 14.5 Å². The monoisotopic (exact) mass is 548 g/mol. The molecule has 0 spiro atoms. The standard InChI is InChI=1S/C31H34F2N4O3/c1-30(2,3)28(39)36-17-31(4,18-36)13-12-19-10-11-21-22(14-19)37-23(15-24(35(5)6)27(37)34-21)26-20(16-38)8-7-9-25(26)40-29(32)33/h7-11,14,16,23-24,29H,15,17-18H2,1-6H3/t23-,24?/m1/s1. The number of ether oxygens (including phenoxy) is 1. The molecule has 1 unspecified atom stereocenters. The number of hydrogen-bond acceptors (Lipinski definition) is 5. The van der Waals surface area contributed by atoms with Gasteiger partial charge in [-0.1, -0.05) is 44.7 Å². The lowest BCUT2D eigenvalue weighted by molar-refractivity contribution is -0.148. The van der Waals surface area contributed by atoms with E-state index in [0.717, 1.165) is 22.4 Å². The molecule has 5 rings (SSSR count). The van der Waals surface area contributed by atoms with Crippen molar-refractivity contribution in [3.8, 4) is 17.6 Å². The summed E-state index contributed by atoms with van der Waals surface area (Å²) < 4.78 is 33.6. The van der Waals surface area contributed by atoms with Crippen molar-refractivity contribution in [3.05, 3.63) is 58.9 Å². The van der Waals surface area contributed by atoms with Gasteiger partial charge in [-0.15, -0.1) is 0 Å². The number of aldehydes is 1. The molecule has 0 bridgehead atoms. The number of amides is 1. The van der Waals surface area contributed by atoms with E-state index in [0.29, 0.717) is 36.9 Å². The van der Waals surface area contributed by atoms with Crippen LogP contribution in [0, 0.1) is 22.7 Å². The summed E-state index contributed by atoms with van der Waals surface area (Å²) in [5.41, 5.74) is 2.36. The fourth-order valence-electron chi connectivity index (χ4n) is 5.80. The van der Waals surface area contributed by atoms with Crippen LogP contribution in [0.5, 0.6) is 5.75 Å². The van der Waals surface area contributed by atoms with Gasteiger partial charge in [-0.05, 0) is 51.7 Å². The van der Waals surface area contributed by atoms with Gasteiger partial charge in [0.05, 0.1) is 28.5 Å². The molecule has 2 aliphatic heterocycles. The number of hydrogen-bond donors (Lipinski definition) is 0. The third kappa shape index (κ3) is 4.97. The van der Waals surface area contributed by atoms with Crippen LogP contribution in [0.1, 0.15) is 73.5 Å². The lowest BCUT2D eigenvalue weighted by Gasteiger charge is -2.47. The summed E-state index contributed by atoms with van der Waals surface area (Å²) >= 11 is 0. The molecule has 40 heavy (non-hydrogen) atoms. The highest BCUT2D eigenvalue weighted by molar-refractivity contribution is 5.83. The SMILES string of the molecule is CN(C)C1C[C@H](c2c(C=O)cccc2OC(F)F)n2c1nc1ccc(C#CC3(C)CN(C(=O)C(C)(C)C)C3)cc12. The predicted octanol–water partition coefficient (Wildman–Crippen LogP) is 5.29. The maximum absolute atomic E-state index is 13.3. The van der Waals surface area contributed by atoms with E-state index >= 15 is 0 Å². The van der Waals surface area contributed by atoms with Crippen LogP contribution in [0.25, 0.3) is 11.0 Å². The zero-order valence-corrected chi connectivity index (χ0v) is 23.7. The molecule has 3 aromatic rings. The van der Waals surface area contributed by atoms with Gasteiger partial charge in [0.2, 0.25) is 5.91 Å². The van der Waals surface area contributed by atoms with Crippen LogP contribution < -0.4 is 4.74 Å². The second-order valence-corrected chi connectivity index (χ2v) is 12.3. The van der Waals surface area contributed by atoms with Crippen molar-refractivity contribution in [1.82, 2.24) is 19.4 Å². The van der Waals surface area contributed by atoms with Gasteiger partial charge < -0.3 is 14.2 Å². The first-order chi connectivity index (χ1) is 18.8. The number of rotatable bonds is 5. The van der Waals surface area contributed by atoms with Crippen molar-refractivity contribution in [1.29, 1.82) is 0 Å². The Kier molecular flexibility index (Phi) is 6.95. The Morgan fingerprint density at radius 2 is 1.95 bits per heavy atom. The fourth-order valence-corrected chi connectivity index (χ4v) is 5.80. The third-order valence-corrected chi connectivity index (χ3v) is 7.69. The molecule has 1 aromatic heterocycles. The quantitative estimate of drug-likeness (QED) is 0.320. The summed E-state index contributed by atoms with van der Waals surface area (Å²) in [6, 6.07) is 9.89. The highest BCUT2D eigenvalue weighted by Crippen LogP contribution is 2.46. The molecule has 9 heteroatoms. The Hall–Kier alpha value is -3.77. The van der Waals surface area contributed by atoms with Gasteiger partial charge in [-0.2, -0.15) is 8.78 Å². The number of imidazole rings is 1. The number of nitrogens with zero attached hydrogens (tertiary/aromatic N) is 4. The minimum atomic E-state index is -3.02. The molecule has 7 nitrogen and oxygen atoms in total. The zero-order valence-electron chi connectivity index (χ0n) is 23.7. The van der Waals surface area contributed by atoms with Gasteiger partial charge in [0.1, 0.15) is 11.6 Å². The Morgan fingerprint density at radius 1 is 1.23 bits per heavy atom. The molecule has 1 saturated heterocycles. The van der Waals surface area contributed by atoms with Crippen LogP contribution in [0.4, 0.5) is 8.78 Å². The topological polar surface area (TPSA) is 67.7 Å². The van der Waals surface area contributed by atoms with Crippen LogP contribution in [-0.2, 0) is 4.79 Å². The number of halogens is 2. The minimum Gasteiger partial charge on any atom is -0.434 e. The summed E-state index contributed by atoms with van der Waals surface area (Å²) in [7, 11) is 3.89. The van der Waals surface area contributed by atoms with E-state index < -0.39 is 18.1 Å². The first-order valence-electron chi connectivity index (χ1n) is 13.3. The van der Waals surface area contributed by atoms with Gasteiger partial charge in [0.25, 0.3) is 0 Å². The number of fused-ring (bicyclic) bond motifs is 3. The number of alkyl halides is 2. The summed E-state index contributed by atoms with van der Waals surface area (Å²) in [6.07, 6.45) is 1.22. The molecule has 3 heterocycles. The average molecular weight is 549 g/mol. The van der Waals surface area contributed by atoms with E-state index in [1.165, 1.54) is 6.07 Å². The lowest BCUT2D eigenvalue weighted by Crippen LogP contribution is -2.58. The van der Waals surface area contributed by atoms with Gasteiger partial charge >= 0.3 is 6.61 Å². The molecule has 0 radical (unpaired) electrons. The number of benzene rings is 2. The second-order valence-electron chi connectivity index (χ2n) is 12.3. The van der Waals surface area contributed by atoms with Crippen molar-refractivity contribution in [2.45, 2.75) is 52.8 Å². The molecule has 2 aliphatic rings. The zero-order chi connectivity index (χ0) is 29.0. The smallest absolute Gasteiger partial charge is 0.387 e. The summed E-state index contributed by atoms with van der Waals surface area (Å²) in [6.45, 7) is 5.96. The molecule has 2 atom stereocenters. The van der Waals surface area contributed by atoms with E-state index in [9.17, 15) is 18.4 Å². The van der Waals surface area contributed by atoms with Gasteiger partial charge in [-0.25, -0.2) is 4.98 Å². The summed E-state index contributed by atoms with van der Waals surface area (Å²) in [5.74, 6) is 7.55. The molecule has 2 aromatic carbocycles. The Morgan fingerprint density at radius 3 is 2.58 bits per heavy atom. The Labute approximate surface area is 233 Å². The van der Waals surface area contributed by atoms with E-state index in [-0.39, 0.29) is 23.1 Å². The van der Waals surface area contributed by atoms with Crippen LogP contribution in [0.3, 0.4) is 0 Å². The maximum atomic E-state index is 13.3. The molecule has 0 aliphatic carbocycles. The van der Waals surface area contributed by atoms with Crippen molar-refractivity contribution in [3.63, 3.8) is 0 Å². The Balaban J connectivity index is 1.54. The molecule has 0 saturated carbocycles. The summed E-state index contributed by atoms with van der Waals surface area (Å²) in [5, 5.41) is 0. The number of aromatic nitrogens is 2. The molecular weight excluding hydrogens is 514 g/mol. The van der Waals surface area contributed by atoms with Crippen molar-refractivity contribution in [2.75, 3.05) is 27.2 Å². The molecule has 210 valence electrons. The maximum Gasteiger partial charge on any atom is 0.387 e. The van der Waals surface area contributed by atoms with Crippen molar-refractivity contribution < 1.29 is 23.1 Å². The molecule has 1 fully saturated rings. The fraction of sp³-hybridized carbons (Fsp3) is 0.452. The molecular formula is C31H34F2N4O3.